The van der Waals surface area contributed by atoms with E-state index in [-0.39, 0.29) is 0 Å². The molecule has 0 radical (unpaired) electrons. The van der Waals surface area contributed by atoms with Gasteiger partial charge in [-0.05, 0) is 24.3 Å². The Balaban J connectivity index is 1.80. The molecular formula is C13H12N4O2. The van der Waals surface area contributed by atoms with Crippen molar-refractivity contribution in [3.8, 4) is 17.2 Å². The second-order valence-corrected chi connectivity index (χ2v) is 3.97. The van der Waals surface area contributed by atoms with Crippen LogP contribution in [0.1, 0.15) is 5.69 Å². The van der Waals surface area contributed by atoms with Crippen LogP contribution in [0.25, 0.3) is 11.5 Å². The minimum Gasteiger partial charge on any atom is -0.497 e. The van der Waals surface area contributed by atoms with Crippen molar-refractivity contribution in [2.24, 2.45) is 0 Å². The summed E-state index contributed by atoms with van der Waals surface area (Å²) in [5.41, 5.74) is 1.71. The third-order valence-corrected chi connectivity index (χ3v) is 2.68. The van der Waals surface area contributed by atoms with Crippen molar-refractivity contribution >= 4 is 0 Å². The Kier molecular flexibility index (Phi) is 2.97. The van der Waals surface area contributed by atoms with Crippen molar-refractivity contribution in [1.82, 2.24) is 20.0 Å². The smallest absolute Gasteiger partial charge is 0.226 e. The van der Waals surface area contributed by atoms with Gasteiger partial charge in [-0.25, -0.2) is 9.67 Å². The summed E-state index contributed by atoms with van der Waals surface area (Å²) in [7, 11) is 1.64. The zero-order valence-corrected chi connectivity index (χ0v) is 10.4. The summed E-state index contributed by atoms with van der Waals surface area (Å²) in [5.74, 6) is 1.39. The monoisotopic (exact) mass is 256 g/mol. The molecule has 2 aromatic heterocycles. The number of rotatable bonds is 4. The van der Waals surface area contributed by atoms with Gasteiger partial charge >= 0.3 is 0 Å². The topological polar surface area (TPSA) is 66.0 Å². The molecule has 6 heteroatoms. The zero-order valence-electron chi connectivity index (χ0n) is 10.4. The minimum atomic E-state index is 0.541. The number of aromatic nitrogens is 4. The van der Waals surface area contributed by atoms with Crippen molar-refractivity contribution in [3.05, 3.63) is 48.6 Å². The third-order valence-electron chi connectivity index (χ3n) is 2.68. The minimum absolute atomic E-state index is 0.541. The van der Waals surface area contributed by atoms with E-state index in [0.29, 0.717) is 12.4 Å². The van der Waals surface area contributed by atoms with Gasteiger partial charge in [0.2, 0.25) is 5.89 Å². The maximum atomic E-state index is 5.46. The summed E-state index contributed by atoms with van der Waals surface area (Å²) in [6.45, 7) is 0.541. The molecule has 0 fully saturated rings. The molecule has 0 amide bonds. The lowest BCUT2D eigenvalue weighted by Crippen LogP contribution is -2.00. The summed E-state index contributed by atoms with van der Waals surface area (Å²) < 4.78 is 12.3. The summed E-state index contributed by atoms with van der Waals surface area (Å²) in [6, 6.07) is 7.56. The van der Waals surface area contributed by atoms with E-state index in [1.807, 2.05) is 24.3 Å². The van der Waals surface area contributed by atoms with Crippen LogP contribution in [-0.2, 0) is 6.54 Å². The molecule has 0 N–H and O–H groups in total. The summed E-state index contributed by atoms with van der Waals surface area (Å²) in [4.78, 5) is 4.41. The molecule has 0 spiro atoms. The van der Waals surface area contributed by atoms with Gasteiger partial charge in [0.05, 0.1) is 19.9 Å². The van der Waals surface area contributed by atoms with Crippen LogP contribution in [-0.4, -0.2) is 27.1 Å². The standard InChI is InChI=1S/C13H12N4O2/c1-18-12-4-2-10(3-5-12)13-15-11(9-19-13)8-17-7-6-14-16-17/h2-7,9H,8H2,1H3. The van der Waals surface area contributed by atoms with Crippen LogP contribution in [0.2, 0.25) is 0 Å². The van der Waals surface area contributed by atoms with E-state index >= 15 is 0 Å². The number of oxazole rings is 1. The molecule has 19 heavy (non-hydrogen) atoms. The van der Waals surface area contributed by atoms with E-state index in [0.717, 1.165) is 17.0 Å². The summed E-state index contributed by atoms with van der Waals surface area (Å²) in [6.07, 6.45) is 5.04. The molecule has 6 nitrogen and oxygen atoms in total. The normalized spacial score (nSPS) is 10.6. The van der Waals surface area contributed by atoms with E-state index in [1.165, 1.54) is 0 Å². The molecular weight excluding hydrogens is 244 g/mol. The summed E-state index contributed by atoms with van der Waals surface area (Å²) >= 11 is 0. The van der Waals surface area contributed by atoms with Crippen LogP contribution in [0.5, 0.6) is 5.75 Å². The molecule has 0 unspecified atom stereocenters. The number of hydrogen-bond acceptors (Lipinski definition) is 5. The highest BCUT2D eigenvalue weighted by atomic mass is 16.5. The lowest BCUT2D eigenvalue weighted by molar-refractivity contribution is 0.415. The number of ether oxygens (including phenoxy) is 1. The highest BCUT2D eigenvalue weighted by Crippen LogP contribution is 2.21. The van der Waals surface area contributed by atoms with Crippen molar-refractivity contribution in [1.29, 1.82) is 0 Å². The Morgan fingerprint density at radius 3 is 2.79 bits per heavy atom. The van der Waals surface area contributed by atoms with Crippen LogP contribution in [0.15, 0.2) is 47.3 Å². The fraction of sp³-hybridized carbons (Fsp3) is 0.154. The largest absolute Gasteiger partial charge is 0.497 e. The number of hydrogen-bond donors (Lipinski definition) is 0. The number of methoxy groups -OCH3 is 1. The Morgan fingerprint density at radius 1 is 1.26 bits per heavy atom. The average molecular weight is 256 g/mol. The van der Waals surface area contributed by atoms with Crippen molar-refractivity contribution in [2.45, 2.75) is 6.54 Å². The highest BCUT2D eigenvalue weighted by molar-refractivity contribution is 5.54. The van der Waals surface area contributed by atoms with Crippen molar-refractivity contribution < 1.29 is 9.15 Å². The molecule has 3 rings (SSSR count). The van der Waals surface area contributed by atoms with Crippen molar-refractivity contribution in [3.63, 3.8) is 0 Å². The quantitative estimate of drug-likeness (QED) is 0.714. The van der Waals surface area contributed by atoms with Crippen LogP contribution in [0.3, 0.4) is 0 Å². The first-order chi connectivity index (χ1) is 9.35. The van der Waals surface area contributed by atoms with Gasteiger partial charge in [0, 0.05) is 11.8 Å². The van der Waals surface area contributed by atoms with Crippen LogP contribution in [0.4, 0.5) is 0 Å². The summed E-state index contributed by atoms with van der Waals surface area (Å²) in [5, 5.41) is 7.63. The fourth-order valence-electron chi connectivity index (χ4n) is 1.73. The van der Waals surface area contributed by atoms with Gasteiger partial charge in [-0.2, -0.15) is 0 Å². The molecule has 2 heterocycles. The van der Waals surface area contributed by atoms with Crippen molar-refractivity contribution in [2.75, 3.05) is 7.11 Å². The van der Waals surface area contributed by atoms with Crippen LogP contribution in [0, 0.1) is 0 Å². The second-order valence-electron chi connectivity index (χ2n) is 3.97. The Labute approximate surface area is 109 Å². The SMILES string of the molecule is COc1ccc(-c2nc(Cn3ccnn3)co2)cc1. The van der Waals surface area contributed by atoms with Crippen LogP contribution < -0.4 is 4.74 Å². The number of nitrogens with zero attached hydrogens (tertiary/aromatic N) is 4. The molecule has 3 aromatic rings. The molecule has 0 atom stereocenters. The van der Waals surface area contributed by atoms with Crippen LogP contribution >= 0.6 is 0 Å². The van der Waals surface area contributed by atoms with E-state index in [1.54, 1.807) is 30.4 Å². The second kappa shape index (κ2) is 4.93. The molecule has 0 aliphatic carbocycles. The zero-order chi connectivity index (χ0) is 13.1. The van der Waals surface area contributed by atoms with E-state index in [9.17, 15) is 0 Å². The Bertz CT molecular complexity index is 644. The van der Waals surface area contributed by atoms with E-state index in [2.05, 4.69) is 15.3 Å². The number of benzene rings is 1. The van der Waals surface area contributed by atoms with Gasteiger partial charge in [0.15, 0.2) is 0 Å². The Hall–Kier alpha value is -2.63. The lowest BCUT2D eigenvalue weighted by atomic mass is 10.2. The van der Waals surface area contributed by atoms with E-state index in [4.69, 9.17) is 9.15 Å². The van der Waals surface area contributed by atoms with Gasteiger partial charge in [-0.1, -0.05) is 5.21 Å². The highest BCUT2D eigenvalue weighted by Gasteiger charge is 2.07. The first kappa shape index (κ1) is 11.5. The molecule has 0 saturated heterocycles. The molecule has 1 aromatic carbocycles. The lowest BCUT2D eigenvalue weighted by Gasteiger charge is -1.99. The predicted molar refractivity (Wildman–Crippen MR) is 67.6 cm³/mol. The average Bonchev–Trinajstić information content (AvgIpc) is 3.11. The fourth-order valence-corrected chi connectivity index (χ4v) is 1.73. The predicted octanol–water partition coefficient (Wildman–Crippen LogP) is 1.99. The first-order valence-electron chi connectivity index (χ1n) is 5.78. The van der Waals surface area contributed by atoms with E-state index < -0.39 is 0 Å². The van der Waals surface area contributed by atoms with Gasteiger partial charge in [0.1, 0.15) is 17.7 Å². The maximum Gasteiger partial charge on any atom is 0.226 e. The van der Waals surface area contributed by atoms with Gasteiger partial charge < -0.3 is 9.15 Å². The van der Waals surface area contributed by atoms with Gasteiger partial charge in [0.25, 0.3) is 0 Å². The van der Waals surface area contributed by atoms with Gasteiger partial charge in [-0.15, -0.1) is 5.10 Å². The molecule has 96 valence electrons. The molecule has 0 aliphatic rings. The molecule has 0 saturated carbocycles. The maximum absolute atomic E-state index is 5.46. The third kappa shape index (κ3) is 2.47. The first-order valence-corrected chi connectivity index (χ1v) is 5.78. The Morgan fingerprint density at radius 2 is 2.11 bits per heavy atom. The van der Waals surface area contributed by atoms with Gasteiger partial charge in [-0.3, -0.25) is 0 Å². The molecule has 0 aliphatic heterocycles. The molecule has 0 bridgehead atoms.